The summed E-state index contributed by atoms with van der Waals surface area (Å²) in [6.07, 6.45) is 9.88. The number of rotatable bonds is 0. The van der Waals surface area contributed by atoms with Crippen molar-refractivity contribution in [3.05, 3.63) is 197 Å². The zero-order valence-electron chi connectivity index (χ0n) is 57.3. The van der Waals surface area contributed by atoms with Crippen molar-refractivity contribution in [3.8, 4) is 0 Å². The molecule has 0 aliphatic rings. The highest BCUT2D eigenvalue weighted by Gasteiger charge is 2.23. The van der Waals surface area contributed by atoms with E-state index in [9.17, 15) is 17.6 Å². The van der Waals surface area contributed by atoms with Crippen LogP contribution in [0.5, 0.6) is 0 Å². The molecule has 0 unspecified atom stereocenters. The van der Waals surface area contributed by atoms with E-state index in [1.54, 1.807) is 49.2 Å². The number of nitrogen functional groups attached to an aromatic ring is 6. The van der Waals surface area contributed by atoms with Crippen LogP contribution in [0.3, 0.4) is 0 Å². The molecular weight excluding hydrogens is 1200 g/mol. The molecule has 15 nitrogen and oxygen atoms in total. The van der Waals surface area contributed by atoms with Crippen molar-refractivity contribution in [2.45, 2.75) is 165 Å². The highest BCUT2D eigenvalue weighted by atomic mass is 19.1. The third kappa shape index (κ3) is 18.3. The van der Waals surface area contributed by atoms with Gasteiger partial charge in [-0.1, -0.05) is 168 Å². The normalized spacial score (nSPS) is 11.9. The van der Waals surface area contributed by atoms with Crippen molar-refractivity contribution < 1.29 is 17.6 Å². The van der Waals surface area contributed by atoms with Gasteiger partial charge in [-0.05, 0) is 149 Å². The van der Waals surface area contributed by atoms with E-state index in [0.717, 1.165) is 48.8 Å². The molecule has 0 amide bonds. The minimum Gasteiger partial charge on any atom is -0.383 e. The van der Waals surface area contributed by atoms with E-state index in [2.05, 4.69) is 138 Å². The maximum absolute atomic E-state index is 13.9. The number of pyridine rings is 3. The predicted octanol–water partition coefficient (Wildman–Crippen LogP) is 18.1. The second kappa shape index (κ2) is 28.8. The zero-order valence-corrected chi connectivity index (χ0v) is 57.3. The molecule has 500 valence electrons. The summed E-state index contributed by atoms with van der Waals surface area (Å²) in [5.41, 5.74) is 39.7. The fraction of sp³-hybridized carbons (Fsp3) is 0.329. The number of hydrogen-bond acceptors (Lipinski definition) is 15. The largest absolute Gasteiger partial charge is 0.383 e. The van der Waals surface area contributed by atoms with Gasteiger partial charge in [0.25, 0.3) is 0 Å². The molecule has 12 N–H and O–H groups in total. The smallest absolute Gasteiger partial charge is 0.156 e. The first kappa shape index (κ1) is 74.1. The zero-order chi connectivity index (χ0) is 69.8. The molecule has 6 aromatic heterocycles. The average Bonchev–Trinajstić information content (AvgIpc) is 0.829. The van der Waals surface area contributed by atoms with Gasteiger partial charge in [-0.15, -0.1) is 15.3 Å². The van der Waals surface area contributed by atoms with E-state index >= 15 is 0 Å². The molecule has 0 fully saturated rings. The summed E-state index contributed by atoms with van der Waals surface area (Å²) in [4.78, 5) is 11.9. The van der Waals surface area contributed by atoms with Crippen LogP contribution in [0.2, 0.25) is 0 Å². The van der Waals surface area contributed by atoms with Crippen LogP contribution in [0.1, 0.15) is 165 Å². The molecule has 12 aromatic rings. The van der Waals surface area contributed by atoms with Crippen LogP contribution < -0.4 is 34.4 Å². The Morgan fingerprint density at radius 1 is 0.274 bits per heavy atom. The molecule has 0 aliphatic carbocycles. The SMILES string of the molecule is C.CC(C)(C)c1cc(F)c2c(N)nccc2c1.CC(C)(C)c1cc(F)c2c(N)nncc2c1.CC(C)(C)c1cc2ccnc(N)c2cc1F.CC(C)(C)c1cc2cnnc(N)c2cc1F.CC(C)(C)c1ccc2c(N)nccc2c1.CC(C)(C)c1ccc2c(N)nncc2c1. The number of hydrogen-bond donors (Lipinski definition) is 6. The summed E-state index contributed by atoms with van der Waals surface area (Å²) in [5, 5.41) is 32.0. The van der Waals surface area contributed by atoms with Crippen LogP contribution in [0.25, 0.3) is 64.6 Å². The lowest BCUT2D eigenvalue weighted by Crippen LogP contribution is -2.13. The lowest BCUT2D eigenvalue weighted by Gasteiger charge is -2.20. The van der Waals surface area contributed by atoms with E-state index in [1.807, 2.05) is 98.7 Å². The number of benzene rings is 6. The van der Waals surface area contributed by atoms with Crippen molar-refractivity contribution in [3.63, 3.8) is 0 Å². The Morgan fingerprint density at radius 2 is 0.589 bits per heavy atom. The number of aromatic nitrogens is 9. The van der Waals surface area contributed by atoms with Crippen molar-refractivity contribution in [1.29, 1.82) is 0 Å². The summed E-state index contributed by atoms with van der Waals surface area (Å²) in [6.45, 7) is 37.3. The summed E-state index contributed by atoms with van der Waals surface area (Å²) in [5.74, 6) is 1.00. The molecule has 6 heterocycles. The highest BCUT2D eigenvalue weighted by Crippen LogP contribution is 2.35. The van der Waals surface area contributed by atoms with Crippen molar-refractivity contribution >= 4 is 99.5 Å². The second-order valence-corrected chi connectivity index (χ2v) is 29.5. The number of halogens is 4. The lowest BCUT2D eigenvalue weighted by molar-refractivity contribution is 0.524. The summed E-state index contributed by atoms with van der Waals surface area (Å²) in [7, 11) is 0. The fourth-order valence-electron chi connectivity index (χ4n) is 10.1. The van der Waals surface area contributed by atoms with Gasteiger partial charge in [0.1, 0.15) is 40.7 Å². The third-order valence-electron chi connectivity index (χ3n) is 15.8. The standard InChI is InChI=1S/2C13H15FN2.C13H16N2.2C12H14FN3.C12H15N3.CH4/c1-13(2,3)10-6-8-4-5-16-12(15)9(8)7-11(10)14;1-13(2,3)9-6-8-4-5-16-12(15)11(8)10(14)7-9;1-13(2,3)10-4-5-11-9(8-10)6-7-15-12(11)14;1-12(2,3)9-4-7-6-15-16-11(14)8(7)5-10(9)13;1-12(2,3)8-4-7-6-15-16-11(14)10(7)9(13)5-8;1-12(2,3)9-4-5-10-8(6-9)7-14-15-11(10)13;/h2*4-7H,1-3H3,(H2,15,16);4-8H,1-3H3,(H2,14,15);2*4-6H,1-3H3,(H2,14,16);4-7H,1-3H3,(H2,13,15);1H4. The quantitative estimate of drug-likeness (QED) is 0.0771. The topological polar surface area (TPSA) is 272 Å². The Hall–Kier alpha value is -9.91. The molecular formula is C76H93F4N15. The van der Waals surface area contributed by atoms with Crippen molar-refractivity contribution in [2.75, 3.05) is 34.4 Å². The van der Waals surface area contributed by atoms with Gasteiger partial charge in [-0.25, -0.2) is 32.5 Å². The van der Waals surface area contributed by atoms with Crippen LogP contribution in [-0.2, 0) is 32.5 Å². The van der Waals surface area contributed by atoms with E-state index in [-0.39, 0.29) is 80.6 Å². The molecule has 0 aliphatic heterocycles. The number of nitrogens with zero attached hydrogens (tertiary/aromatic N) is 9. The first-order valence-corrected chi connectivity index (χ1v) is 30.8. The van der Waals surface area contributed by atoms with Gasteiger partial charge < -0.3 is 34.4 Å². The molecule has 0 spiro atoms. The number of anilines is 6. The van der Waals surface area contributed by atoms with Crippen molar-refractivity contribution in [1.82, 2.24) is 45.5 Å². The summed E-state index contributed by atoms with van der Waals surface area (Å²) in [6, 6.07) is 31.7. The predicted molar refractivity (Wildman–Crippen MR) is 389 cm³/mol. The van der Waals surface area contributed by atoms with E-state index in [4.69, 9.17) is 34.4 Å². The molecule has 19 heteroatoms. The summed E-state index contributed by atoms with van der Waals surface area (Å²) < 4.78 is 55.6. The Kier molecular flexibility index (Phi) is 22.4. The van der Waals surface area contributed by atoms with Gasteiger partial charge in [0.15, 0.2) is 17.5 Å². The van der Waals surface area contributed by atoms with Crippen LogP contribution in [0.4, 0.5) is 52.5 Å². The molecule has 0 radical (unpaired) electrons. The van der Waals surface area contributed by atoms with Crippen LogP contribution >= 0.6 is 0 Å². The Bertz CT molecular complexity index is 4410. The van der Waals surface area contributed by atoms with E-state index in [0.29, 0.717) is 55.5 Å². The maximum atomic E-state index is 13.9. The minimum absolute atomic E-state index is 0. The monoisotopic (exact) mass is 1290 g/mol. The molecule has 12 rings (SSSR count). The third-order valence-corrected chi connectivity index (χ3v) is 15.8. The van der Waals surface area contributed by atoms with Crippen molar-refractivity contribution in [2.24, 2.45) is 0 Å². The Labute approximate surface area is 556 Å². The minimum atomic E-state index is -0.338. The van der Waals surface area contributed by atoms with E-state index < -0.39 is 0 Å². The number of fused-ring (bicyclic) bond motifs is 6. The highest BCUT2D eigenvalue weighted by molar-refractivity contribution is 5.95. The molecule has 0 atom stereocenters. The van der Waals surface area contributed by atoms with Gasteiger partial charge in [-0.2, -0.15) is 15.3 Å². The Balaban J connectivity index is 0.000000180. The number of nitrogens with two attached hydrogens (primary N) is 6. The molecule has 0 saturated carbocycles. The Morgan fingerprint density at radius 3 is 1.04 bits per heavy atom. The first-order valence-electron chi connectivity index (χ1n) is 30.8. The first-order chi connectivity index (χ1) is 43.5. The molecule has 95 heavy (non-hydrogen) atoms. The lowest BCUT2D eigenvalue weighted by atomic mass is 9.85. The van der Waals surface area contributed by atoms with Gasteiger partial charge in [0.05, 0.1) is 29.4 Å². The fourth-order valence-corrected chi connectivity index (χ4v) is 10.1. The summed E-state index contributed by atoms with van der Waals surface area (Å²) >= 11 is 0. The van der Waals surface area contributed by atoms with Crippen LogP contribution in [0.15, 0.2) is 140 Å². The average molecular weight is 1290 g/mol. The second-order valence-electron chi connectivity index (χ2n) is 29.5. The maximum Gasteiger partial charge on any atom is 0.156 e. The van der Waals surface area contributed by atoms with Gasteiger partial charge in [0, 0.05) is 56.3 Å². The van der Waals surface area contributed by atoms with Crippen LogP contribution in [-0.4, -0.2) is 45.5 Å². The van der Waals surface area contributed by atoms with Gasteiger partial charge in [-0.3, -0.25) is 0 Å². The van der Waals surface area contributed by atoms with Crippen LogP contribution in [0, 0.1) is 23.3 Å². The molecule has 0 saturated heterocycles. The molecule has 0 bridgehead atoms. The van der Waals surface area contributed by atoms with E-state index in [1.165, 1.54) is 35.5 Å². The van der Waals surface area contributed by atoms with Gasteiger partial charge >= 0.3 is 0 Å². The molecule has 6 aromatic carbocycles. The van der Waals surface area contributed by atoms with Gasteiger partial charge in [0.2, 0.25) is 0 Å².